The number of nitrogens with two attached hydrogens (primary N) is 1. The van der Waals surface area contributed by atoms with Crippen molar-refractivity contribution in [1.82, 2.24) is 4.90 Å². The summed E-state index contributed by atoms with van der Waals surface area (Å²) in [5.74, 6) is 1.77. The second kappa shape index (κ2) is 8.57. The molecular formula is C21H36N2O3. The van der Waals surface area contributed by atoms with Crippen molar-refractivity contribution >= 4 is 5.91 Å². The Labute approximate surface area is 158 Å². The molecule has 5 heteroatoms. The largest absolute Gasteiger partial charge is 0.376 e. The van der Waals surface area contributed by atoms with Gasteiger partial charge in [0, 0.05) is 31.7 Å². The number of ether oxygens (including phenoxy) is 2. The summed E-state index contributed by atoms with van der Waals surface area (Å²) in [5, 5.41) is 0. The quantitative estimate of drug-likeness (QED) is 0.833. The van der Waals surface area contributed by atoms with E-state index in [4.69, 9.17) is 15.2 Å². The van der Waals surface area contributed by atoms with Crippen LogP contribution in [0.4, 0.5) is 0 Å². The number of hydrogen-bond acceptors (Lipinski definition) is 4. The minimum Gasteiger partial charge on any atom is -0.376 e. The fourth-order valence-electron chi connectivity index (χ4n) is 5.67. The van der Waals surface area contributed by atoms with E-state index in [2.05, 4.69) is 4.90 Å². The highest BCUT2D eigenvalue weighted by Crippen LogP contribution is 2.42. The second-order valence-electron chi connectivity index (χ2n) is 9.04. The summed E-state index contributed by atoms with van der Waals surface area (Å²) < 4.78 is 11.8. The van der Waals surface area contributed by atoms with E-state index >= 15 is 0 Å². The van der Waals surface area contributed by atoms with Gasteiger partial charge in [-0.2, -0.15) is 0 Å². The number of carbonyl (C=O) groups excluding carboxylic acids is 1. The average Bonchev–Trinajstić information content (AvgIpc) is 2.67. The fraction of sp³-hybridized carbons (Fsp3) is 0.952. The predicted molar refractivity (Wildman–Crippen MR) is 101 cm³/mol. The van der Waals surface area contributed by atoms with E-state index in [0.29, 0.717) is 29.9 Å². The van der Waals surface area contributed by atoms with Crippen LogP contribution in [0.2, 0.25) is 0 Å². The third-order valence-electron chi connectivity index (χ3n) is 7.31. The van der Waals surface area contributed by atoms with Gasteiger partial charge < -0.3 is 20.1 Å². The van der Waals surface area contributed by atoms with Crippen LogP contribution in [-0.4, -0.2) is 55.4 Å². The molecule has 0 aromatic heterocycles. The van der Waals surface area contributed by atoms with Crippen LogP contribution < -0.4 is 5.73 Å². The molecule has 4 rings (SSSR count). The number of fused-ring (bicyclic) bond motifs is 2. The van der Waals surface area contributed by atoms with Crippen molar-refractivity contribution in [1.29, 1.82) is 0 Å². The van der Waals surface area contributed by atoms with Crippen molar-refractivity contribution in [2.75, 3.05) is 26.3 Å². The van der Waals surface area contributed by atoms with Crippen molar-refractivity contribution in [2.24, 2.45) is 23.5 Å². The Kier molecular flexibility index (Phi) is 6.17. The van der Waals surface area contributed by atoms with Gasteiger partial charge in [-0.3, -0.25) is 4.79 Å². The fourth-order valence-corrected chi connectivity index (χ4v) is 5.67. The van der Waals surface area contributed by atoms with Crippen molar-refractivity contribution in [3.63, 3.8) is 0 Å². The molecule has 3 atom stereocenters. The zero-order valence-electron chi connectivity index (χ0n) is 16.1. The molecule has 4 fully saturated rings. The number of nitrogens with zero attached hydrogens (tertiary/aromatic N) is 1. The van der Waals surface area contributed by atoms with Crippen LogP contribution in [0, 0.1) is 17.8 Å². The topological polar surface area (TPSA) is 64.8 Å². The first kappa shape index (κ1) is 18.7. The molecule has 4 aliphatic rings. The Morgan fingerprint density at radius 1 is 1.00 bits per heavy atom. The molecule has 2 aliphatic carbocycles. The first-order chi connectivity index (χ1) is 12.7. The van der Waals surface area contributed by atoms with Gasteiger partial charge in [-0.15, -0.1) is 0 Å². The Bertz CT molecular complexity index is 458. The van der Waals surface area contributed by atoms with E-state index in [1.807, 2.05) is 0 Å². The molecule has 0 aromatic carbocycles. The standard InChI is InChI=1S/C21H36N2O3/c22-20-15-4-3-5-16(20)13-17(12-15)21(24)23-9-7-18(8-10-23)26-14-19-6-1-2-11-25-19/h15-20H,1-14,22H2. The van der Waals surface area contributed by atoms with Gasteiger partial charge in [0.15, 0.2) is 0 Å². The first-order valence-electron chi connectivity index (χ1n) is 11.0. The minimum atomic E-state index is 0.221. The smallest absolute Gasteiger partial charge is 0.225 e. The van der Waals surface area contributed by atoms with Crippen molar-refractivity contribution in [3.8, 4) is 0 Å². The molecule has 1 amide bonds. The van der Waals surface area contributed by atoms with E-state index in [0.717, 1.165) is 58.4 Å². The van der Waals surface area contributed by atoms with Gasteiger partial charge in [-0.25, -0.2) is 0 Å². The molecule has 5 nitrogen and oxygen atoms in total. The van der Waals surface area contributed by atoms with Gasteiger partial charge in [-0.1, -0.05) is 6.42 Å². The van der Waals surface area contributed by atoms with E-state index in [1.165, 1.54) is 32.1 Å². The normalized spacial score (nSPS) is 39.0. The second-order valence-corrected chi connectivity index (χ2v) is 9.04. The third kappa shape index (κ3) is 4.26. The van der Waals surface area contributed by atoms with Gasteiger partial charge in [0.2, 0.25) is 5.91 Å². The minimum absolute atomic E-state index is 0.221. The van der Waals surface area contributed by atoms with Crippen LogP contribution in [-0.2, 0) is 14.3 Å². The number of likely N-dealkylation sites (tertiary alicyclic amines) is 1. The summed E-state index contributed by atoms with van der Waals surface area (Å²) in [5.41, 5.74) is 6.39. The summed E-state index contributed by atoms with van der Waals surface area (Å²) in [6.07, 6.45) is 11.9. The monoisotopic (exact) mass is 364 g/mol. The number of piperidine rings is 1. The van der Waals surface area contributed by atoms with Gasteiger partial charge in [0.1, 0.15) is 0 Å². The van der Waals surface area contributed by atoms with Crippen LogP contribution in [0.3, 0.4) is 0 Å². The highest BCUT2D eigenvalue weighted by atomic mass is 16.5. The number of rotatable bonds is 4. The van der Waals surface area contributed by atoms with Gasteiger partial charge in [0.05, 0.1) is 18.8 Å². The van der Waals surface area contributed by atoms with Crippen molar-refractivity contribution in [3.05, 3.63) is 0 Å². The number of hydrogen-bond donors (Lipinski definition) is 1. The highest BCUT2D eigenvalue weighted by molar-refractivity contribution is 5.79. The molecule has 2 saturated carbocycles. The van der Waals surface area contributed by atoms with Crippen molar-refractivity contribution in [2.45, 2.75) is 82.5 Å². The zero-order valence-corrected chi connectivity index (χ0v) is 16.1. The Balaban J connectivity index is 1.21. The van der Waals surface area contributed by atoms with E-state index < -0.39 is 0 Å². The molecule has 0 radical (unpaired) electrons. The summed E-state index contributed by atoms with van der Waals surface area (Å²) in [6.45, 7) is 3.32. The molecule has 2 N–H and O–H groups in total. The van der Waals surface area contributed by atoms with Crippen LogP contribution in [0.25, 0.3) is 0 Å². The van der Waals surface area contributed by atoms with Gasteiger partial charge >= 0.3 is 0 Å². The molecule has 26 heavy (non-hydrogen) atoms. The zero-order chi connectivity index (χ0) is 17.9. The van der Waals surface area contributed by atoms with Crippen molar-refractivity contribution < 1.29 is 14.3 Å². The van der Waals surface area contributed by atoms with Crippen LogP contribution in [0.15, 0.2) is 0 Å². The molecule has 2 bridgehead atoms. The highest BCUT2D eigenvalue weighted by Gasteiger charge is 2.42. The van der Waals surface area contributed by atoms with Crippen LogP contribution >= 0.6 is 0 Å². The molecule has 148 valence electrons. The lowest BCUT2D eigenvalue weighted by molar-refractivity contribution is -0.142. The molecule has 2 aliphatic heterocycles. The maximum absolute atomic E-state index is 13.0. The molecule has 2 heterocycles. The third-order valence-corrected chi connectivity index (χ3v) is 7.31. The Morgan fingerprint density at radius 2 is 1.73 bits per heavy atom. The Hall–Kier alpha value is -0.650. The lowest BCUT2D eigenvalue weighted by Crippen LogP contribution is -2.51. The predicted octanol–water partition coefficient (Wildman–Crippen LogP) is 2.72. The maximum atomic E-state index is 13.0. The SMILES string of the molecule is NC1C2CCCC1CC(C(=O)N1CCC(OCC3CCCCO3)CC1)C2. The van der Waals surface area contributed by atoms with Gasteiger partial charge in [0.25, 0.3) is 0 Å². The molecular weight excluding hydrogens is 328 g/mol. The maximum Gasteiger partial charge on any atom is 0.225 e. The molecule has 0 spiro atoms. The van der Waals surface area contributed by atoms with Crippen LogP contribution in [0.5, 0.6) is 0 Å². The summed E-state index contributed by atoms with van der Waals surface area (Å²) in [4.78, 5) is 15.1. The Morgan fingerprint density at radius 3 is 2.38 bits per heavy atom. The summed E-state index contributed by atoms with van der Waals surface area (Å²) in [6, 6.07) is 0.342. The van der Waals surface area contributed by atoms with Gasteiger partial charge in [-0.05, 0) is 69.6 Å². The molecule has 2 saturated heterocycles. The summed E-state index contributed by atoms with van der Waals surface area (Å²) >= 11 is 0. The average molecular weight is 365 g/mol. The molecule has 0 aromatic rings. The lowest BCUT2D eigenvalue weighted by Gasteiger charge is -2.45. The summed E-state index contributed by atoms with van der Waals surface area (Å²) in [7, 11) is 0. The first-order valence-corrected chi connectivity index (χ1v) is 11.0. The number of carbonyl (C=O) groups is 1. The number of amides is 1. The van der Waals surface area contributed by atoms with E-state index in [9.17, 15) is 4.79 Å². The lowest BCUT2D eigenvalue weighted by atomic mass is 9.65. The van der Waals surface area contributed by atoms with E-state index in [1.54, 1.807) is 0 Å². The molecule has 3 unspecified atom stereocenters. The van der Waals surface area contributed by atoms with Crippen LogP contribution in [0.1, 0.15) is 64.2 Å². The van der Waals surface area contributed by atoms with E-state index in [-0.39, 0.29) is 12.0 Å².